The van der Waals surface area contributed by atoms with E-state index in [1.165, 1.54) is 44.2 Å². The minimum Gasteiger partial charge on any atom is -0.378 e. The highest BCUT2D eigenvalue weighted by Gasteiger charge is 2.12. The minimum atomic E-state index is -0.216. The molecule has 4 nitrogen and oxygen atoms in total. The second-order valence-corrected chi connectivity index (χ2v) is 5.97. The van der Waals surface area contributed by atoms with Gasteiger partial charge in [0.2, 0.25) is 0 Å². The predicted molar refractivity (Wildman–Crippen MR) is 107 cm³/mol. The van der Waals surface area contributed by atoms with E-state index < -0.39 is 0 Å². The summed E-state index contributed by atoms with van der Waals surface area (Å²) in [4.78, 5) is 4.17. The maximum absolute atomic E-state index is 13.1. The number of ether oxygens (including phenoxy) is 1. The van der Waals surface area contributed by atoms with E-state index in [2.05, 4.69) is 15.6 Å². The number of hydrogen-bond donors (Lipinski definition) is 2. The number of rotatable bonds is 7. The molecule has 0 heterocycles. The van der Waals surface area contributed by atoms with Crippen molar-refractivity contribution in [1.29, 1.82) is 0 Å². The molecule has 0 aromatic heterocycles. The van der Waals surface area contributed by atoms with Gasteiger partial charge in [-0.2, -0.15) is 0 Å². The fourth-order valence-electron chi connectivity index (χ4n) is 2.81. The maximum Gasteiger partial charge on any atom is 0.191 e. The number of hydrogen-bond acceptors (Lipinski definition) is 2. The smallest absolute Gasteiger partial charge is 0.191 e. The standard InChI is InChI=1S/C18H28FN3O.HI/c1-20-18(22-14-15-7-5-8-16(19)13-15)21-11-6-12-23-17-9-3-2-4-10-17;/h5,7-8,13,17H,2-4,6,9-12,14H2,1H3,(H2,20,21,22);1H. The molecule has 136 valence electrons. The van der Waals surface area contributed by atoms with Crippen LogP contribution in [0, 0.1) is 5.82 Å². The topological polar surface area (TPSA) is 45.7 Å². The van der Waals surface area contributed by atoms with E-state index >= 15 is 0 Å². The molecule has 1 aromatic carbocycles. The van der Waals surface area contributed by atoms with E-state index in [1.807, 2.05) is 6.07 Å². The molecular weight excluding hydrogens is 420 g/mol. The summed E-state index contributed by atoms with van der Waals surface area (Å²) >= 11 is 0. The Hall–Kier alpha value is -0.890. The maximum atomic E-state index is 13.1. The summed E-state index contributed by atoms with van der Waals surface area (Å²) in [6.07, 6.45) is 7.81. The van der Waals surface area contributed by atoms with Crippen molar-refractivity contribution in [3.05, 3.63) is 35.6 Å². The van der Waals surface area contributed by atoms with E-state index in [-0.39, 0.29) is 29.8 Å². The van der Waals surface area contributed by atoms with Crippen LogP contribution in [-0.4, -0.2) is 32.3 Å². The lowest BCUT2D eigenvalue weighted by Gasteiger charge is -2.22. The summed E-state index contributed by atoms with van der Waals surface area (Å²) in [6, 6.07) is 6.58. The molecule has 1 aliphatic carbocycles. The molecule has 0 saturated heterocycles. The molecular formula is C18H29FIN3O. The molecule has 0 unspecified atom stereocenters. The van der Waals surface area contributed by atoms with E-state index in [0.717, 1.165) is 31.1 Å². The van der Waals surface area contributed by atoms with Crippen LogP contribution in [0.3, 0.4) is 0 Å². The molecule has 24 heavy (non-hydrogen) atoms. The van der Waals surface area contributed by atoms with Crippen LogP contribution >= 0.6 is 24.0 Å². The monoisotopic (exact) mass is 449 g/mol. The van der Waals surface area contributed by atoms with Gasteiger partial charge in [0.15, 0.2) is 5.96 Å². The Labute approximate surface area is 161 Å². The van der Waals surface area contributed by atoms with Gasteiger partial charge in [-0.05, 0) is 37.0 Å². The quantitative estimate of drug-likeness (QED) is 0.288. The Kier molecular flexibility index (Phi) is 11.0. The van der Waals surface area contributed by atoms with Gasteiger partial charge < -0.3 is 15.4 Å². The van der Waals surface area contributed by atoms with E-state index in [1.54, 1.807) is 13.1 Å². The molecule has 1 aliphatic rings. The highest BCUT2D eigenvalue weighted by atomic mass is 127. The SMILES string of the molecule is CN=C(NCCCOC1CCCCC1)NCc1cccc(F)c1.I. The van der Waals surface area contributed by atoms with Crippen molar-refractivity contribution in [2.75, 3.05) is 20.2 Å². The Morgan fingerprint density at radius 2 is 2.04 bits per heavy atom. The summed E-state index contributed by atoms with van der Waals surface area (Å²) in [5.41, 5.74) is 0.897. The average molecular weight is 449 g/mol. The number of guanidine groups is 1. The van der Waals surface area contributed by atoms with Gasteiger partial charge in [-0.1, -0.05) is 31.4 Å². The Balaban J connectivity index is 0.00000288. The third-order valence-corrected chi connectivity index (χ3v) is 4.09. The molecule has 0 atom stereocenters. The summed E-state index contributed by atoms with van der Waals surface area (Å²) in [5.74, 6) is 0.513. The lowest BCUT2D eigenvalue weighted by Crippen LogP contribution is -2.37. The average Bonchev–Trinajstić information content (AvgIpc) is 2.58. The largest absolute Gasteiger partial charge is 0.378 e. The summed E-state index contributed by atoms with van der Waals surface area (Å²) < 4.78 is 19.0. The number of benzene rings is 1. The lowest BCUT2D eigenvalue weighted by atomic mass is 9.98. The molecule has 1 saturated carbocycles. The minimum absolute atomic E-state index is 0. The highest BCUT2D eigenvalue weighted by molar-refractivity contribution is 14.0. The third-order valence-electron chi connectivity index (χ3n) is 4.09. The number of nitrogens with one attached hydrogen (secondary N) is 2. The van der Waals surface area contributed by atoms with Crippen molar-refractivity contribution in [2.24, 2.45) is 4.99 Å². The van der Waals surface area contributed by atoms with Crippen molar-refractivity contribution in [3.8, 4) is 0 Å². The number of nitrogens with zero attached hydrogens (tertiary/aromatic N) is 1. The molecule has 0 aliphatic heterocycles. The zero-order chi connectivity index (χ0) is 16.3. The molecule has 0 bridgehead atoms. The number of aliphatic imine (C=N–C) groups is 1. The van der Waals surface area contributed by atoms with Gasteiger partial charge >= 0.3 is 0 Å². The molecule has 0 amide bonds. The lowest BCUT2D eigenvalue weighted by molar-refractivity contribution is 0.0277. The summed E-state index contributed by atoms with van der Waals surface area (Å²) in [6.45, 7) is 2.16. The molecule has 1 fully saturated rings. The Morgan fingerprint density at radius 3 is 2.75 bits per heavy atom. The predicted octanol–water partition coefficient (Wildman–Crippen LogP) is 3.85. The van der Waals surface area contributed by atoms with Crippen molar-refractivity contribution in [3.63, 3.8) is 0 Å². The Bertz CT molecular complexity index is 493. The van der Waals surface area contributed by atoms with Crippen LogP contribution in [0.5, 0.6) is 0 Å². The Morgan fingerprint density at radius 1 is 1.25 bits per heavy atom. The van der Waals surface area contributed by atoms with Gasteiger partial charge in [0.05, 0.1) is 6.10 Å². The van der Waals surface area contributed by atoms with Crippen LogP contribution in [0.1, 0.15) is 44.1 Å². The molecule has 0 spiro atoms. The molecule has 2 rings (SSSR count). The molecule has 1 aromatic rings. The van der Waals surface area contributed by atoms with Crippen molar-refractivity contribution in [2.45, 2.75) is 51.2 Å². The third kappa shape index (κ3) is 8.28. The zero-order valence-corrected chi connectivity index (χ0v) is 16.7. The van der Waals surface area contributed by atoms with Gasteiger partial charge in [-0.3, -0.25) is 4.99 Å². The van der Waals surface area contributed by atoms with E-state index in [0.29, 0.717) is 12.6 Å². The van der Waals surface area contributed by atoms with Crippen molar-refractivity contribution >= 4 is 29.9 Å². The second-order valence-electron chi connectivity index (χ2n) is 5.97. The first-order valence-corrected chi connectivity index (χ1v) is 8.58. The molecule has 2 N–H and O–H groups in total. The summed E-state index contributed by atoms with van der Waals surface area (Å²) in [7, 11) is 1.74. The van der Waals surface area contributed by atoms with Crippen LogP contribution in [0.2, 0.25) is 0 Å². The van der Waals surface area contributed by atoms with Gasteiger partial charge in [0, 0.05) is 26.7 Å². The fourth-order valence-corrected chi connectivity index (χ4v) is 2.81. The molecule has 0 radical (unpaired) electrons. The van der Waals surface area contributed by atoms with Crippen LogP contribution in [-0.2, 0) is 11.3 Å². The van der Waals surface area contributed by atoms with Crippen molar-refractivity contribution < 1.29 is 9.13 Å². The van der Waals surface area contributed by atoms with Crippen molar-refractivity contribution in [1.82, 2.24) is 10.6 Å². The van der Waals surface area contributed by atoms with Gasteiger partial charge in [0.25, 0.3) is 0 Å². The zero-order valence-electron chi connectivity index (χ0n) is 14.4. The normalized spacial score (nSPS) is 15.7. The first-order valence-electron chi connectivity index (χ1n) is 8.58. The van der Waals surface area contributed by atoms with E-state index in [9.17, 15) is 4.39 Å². The highest BCUT2D eigenvalue weighted by Crippen LogP contribution is 2.20. The van der Waals surface area contributed by atoms with Crippen LogP contribution < -0.4 is 10.6 Å². The van der Waals surface area contributed by atoms with Crippen LogP contribution in [0.25, 0.3) is 0 Å². The number of halogens is 2. The van der Waals surface area contributed by atoms with Gasteiger partial charge in [-0.15, -0.1) is 24.0 Å². The fraction of sp³-hybridized carbons (Fsp3) is 0.611. The summed E-state index contributed by atoms with van der Waals surface area (Å²) in [5, 5.41) is 6.44. The molecule has 6 heteroatoms. The second kappa shape index (κ2) is 12.5. The van der Waals surface area contributed by atoms with Gasteiger partial charge in [0.1, 0.15) is 5.82 Å². The first-order chi connectivity index (χ1) is 11.3. The van der Waals surface area contributed by atoms with Gasteiger partial charge in [-0.25, -0.2) is 4.39 Å². The van der Waals surface area contributed by atoms with E-state index in [4.69, 9.17) is 4.74 Å². The van der Waals surface area contributed by atoms with Crippen LogP contribution in [0.4, 0.5) is 4.39 Å². The van der Waals surface area contributed by atoms with Crippen LogP contribution in [0.15, 0.2) is 29.3 Å². The first kappa shape index (κ1) is 21.2.